The zero-order chi connectivity index (χ0) is 13.6. The molecule has 18 heavy (non-hydrogen) atoms. The number of hydrogen-bond donors (Lipinski definition) is 1. The summed E-state index contributed by atoms with van der Waals surface area (Å²) in [5, 5.41) is 3.23. The summed E-state index contributed by atoms with van der Waals surface area (Å²) in [6, 6.07) is 3.44. The number of carbonyl (C=O) groups is 1. The molecule has 5 heteroatoms. The van der Waals surface area contributed by atoms with Crippen LogP contribution < -0.4 is 5.32 Å². The molecule has 0 saturated carbocycles. The maximum absolute atomic E-state index is 11.4. The maximum Gasteiger partial charge on any atom is 0.339 e. The summed E-state index contributed by atoms with van der Waals surface area (Å²) >= 11 is 0. The van der Waals surface area contributed by atoms with E-state index in [2.05, 4.69) is 10.3 Å². The Morgan fingerprint density at radius 2 is 2.17 bits per heavy atom. The standard InChI is InChI=1S/C13H20N2O3/c1-5-18-12(16)10-6-7-11(14-8-10)15-13(2,3)9-17-4/h6-8H,5,9H2,1-4H3,(H,14,15). The molecule has 0 atom stereocenters. The predicted molar refractivity (Wildman–Crippen MR) is 69.8 cm³/mol. The van der Waals surface area contributed by atoms with Crippen molar-refractivity contribution in [3.8, 4) is 0 Å². The van der Waals surface area contributed by atoms with Gasteiger partial charge in [-0.25, -0.2) is 9.78 Å². The average molecular weight is 252 g/mol. The van der Waals surface area contributed by atoms with Crippen molar-refractivity contribution in [1.29, 1.82) is 0 Å². The van der Waals surface area contributed by atoms with Crippen molar-refractivity contribution in [1.82, 2.24) is 4.98 Å². The van der Waals surface area contributed by atoms with Crippen LogP contribution in [0.25, 0.3) is 0 Å². The minimum absolute atomic E-state index is 0.215. The molecule has 0 amide bonds. The Labute approximate surface area is 108 Å². The van der Waals surface area contributed by atoms with Gasteiger partial charge in [0, 0.05) is 13.3 Å². The Kier molecular flexibility index (Phi) is 5.09. The van der Waals surface area contributed by atoms with Gasteiger partial charge in [0.15, 0.2) is 0 Å². The molecule has 0 radical (unpaired) electrons. The van der Waals surface area contributed by atoms with Crippen molar-refractivity contribution >= 4 is 11.8 Å². The third kappa shape index (κ3) is 4.33. The molecule has 0 aliphatic rings. The average Bonchev–Trinajstić information content (AvgIpc) is 2.29. The van der Waals surface area contributed by atoms with E-state index < -0.39 is 0 Å². The lowest BCUT2D eigenvalue weighted by molar-refractivity contribution is 0.0526. The molecule has 0 aliphatic carbocycles. The van der Waals surface area contributed by atoms with Crippen molar-refractivity contribution in [2.75, 3.05) is 25.6 Å². The molecule has 5 nitrogen and oxygen atoms in total. The third-order valence-electron chi connectivity index (χ3n) is 2.25. The van der Waals surface area contributed by atoms with E-state index in [4.69, 9.17) is 9.47 Å². The largest absolute Gasteiger partial charge is 0.462 e. The lowest BCUT2D eigenvalue weighted by Gasteiger charge is -2.25. The first-order valence-corrected chi connectivity index (χ1v) is 5.89. The third-order valence-corrected chi connectivity index (χ3v) is 2.25. The highest BCUT2D eigenvalue weighted by molar-refractivity contribution is 5.89. The van der Waals surface area contributed by atoms with Gasteiger partial charge in [0.05, 0.1) is 24.3 Å². The van der Waals surface area contributed by atoms with Crippen LogP contribution in [0, 0.1) is 0 Å². The first-order valence-electron chi connectivity index (χ1n) is 5.89. The Morgan fingerprint density at radius 1 is 1.44 bits per heavy atom. The fraction of sp³-hybridized carbons (Fsp3) is 0.538. The normalized spacial score (nSPS) is 11.1. The van der Waals surface area contributed by atoms with Crippen LogP contribution in [-0.2, 0) is 9.47 Å². The number of anilines is 1. The van der Waals surface area contributed by atoms with Gasteiger partial charge in [-0.3, -0.25) is 0 Å². The molecule has 0 saturated heterocycles. The number of pyridine rings is 1. The van der Waals surface area contributed by atoms with E-state index in [0.29, 0.717) is 24.6 Å². The number of carbonyl (C=O) groups excluding carboxylic acids is 1. The zero-order valence-corrected chi connectivity index (χ0v) is 11.3. The van der Waals surface area contributed by atoms with Crippen LogP contribution in [0.2, 0.25) is 0 Å². The topological polar surface area (TPSA) is 60.5 Å². The molecule has 0 aromatic carbocycles. The van der Waals surface area contributed by atoms with Crippen LogP contribution in [0.3, 0.4) is 0 Å². The van der Waals surface area contributed by atoms with Gasteiger partial charge in [-0.15, -0.1) is 0 Å². The Bertz CT molecular complexity index is 388. The van der Waals surface area contributed by atoms with Gasteiger partial charge in [0.2, 0.25) is 0 Å². The molecule has 1 aromatic heterocycles. The van der Waals surface area contributed by atoms with E-state index in [0.717, 1.165) is 0 Å². The summed E-state index contributed by atoms with van der Waals surface area (Å²) < 4.78 is 10.00. The first kappa shape index (κ1) is 14.4. The molecule has 1 heterocycles. The van der Waals surface area contributed by atoms with E-state index in [1.165, 1.54) is 6.20 Å². The van der Waals surface area contributed by atoms with Crippen LogP contribution in [0.4, 0.5) is 5.82 Å². The number of hydrogen-bond acceptors (Lipinski definition) is 5. The number of aromatic nitrogens is 1. The molecule has 0 bridgehead atoms. The first-order chi connectivity index (χ1) is 8.48. The molecule has 1 N–H and O–H groups in total. The van der Waals surface area contributed by atoms with Gasteiger partial charge in [-0.2, -0.15) is 0 Å². The summed E-state index contributed by atoms with van der Waals surface area (Å²) in [7, 11) is 1.65. The summed E-state index contributed by atoms with van der Waals surface area (Å²) in [6.07, 6.45) is 1.50. The highest BCUT2D eigenvalue weighted by atomic mass is 16.5. The number of esters is 1. The molecule has 0 aliphatic heterocycles. The Balaban J connectivity index is 2.68. The van der Waals surface area contributed by atoms with Crippen molar-refractivity contribution in [2.45, 2.75) is 26.3 Å². The highest BCUT2D eigenvalue weighted by Crippen LogP contribution is 2.13. The van der Waals surface area contributed by atoms with Gasteiger partial charge >= 0.3 is 5.97 Å². The quantitative estimate of drug-likeness (QED) is 0.786. The maximum atomic E-state index is 11.4. The van der Waals surface area contributed by atoms with Crippen molar-refractivity contribution in [2.24, 2.45) is 0 Å². The minimum Gasteiger partial charge on any atom is -0.462 e. The van der Waals surface area contributed by atoms with Crippen molar-refractivity contribution < 1.29 is 14.3 Å². The fourth-order valence-electron chi connectivity index (χ4n) is 1.55. The smallest absolute Gasteiger partial charge is 0.339 e. The zero-order valence-electron chi connectivity index (χ0n) is 11.3. The fourth-order valence-corrected chi connectivity index (χ4v) is 1.55. The SMILES string of the molecule is CCOC(=O)c1ccc(NC(C)(C)COC)nc1. The second-order valence-electron chi connectivity index (χ2n) is 4.59. The van der Waals surface area contributed by atoms with E-state index >= 15 is 0 Å². The van der Waals surface area contributed by atoms with Gasteiger partial charge in [-0.05, 0) is 32.9 Å². The highest BCUT2D eigenvalue weighted by Gasteiger charge is 2.17. The molecule has 0 unspecified atom stereocenters. The molecule has 0 fully saturated rings. The number of rotatable bonds is 6. The number of methoxy groups -OCH3 is 1. The van der Waals surface area contributed by atoms with Gasteiger partial charge in [0.1, 0.15) is 5.82 Å². The van der Waals surface area contributed by atoms with Crippen LogP contribution in [-0.4, -0.2) is 36.8 Å². The van der Waals surface area contributed by atoms with E-state index in [1.54, 1.807) is 26.2 Å². The van der Waals surface area contributed by atoms with E-state index in [-0.39, 0.29) is 11.5 Å². The summed E-state index contributed by atoms with van der Waals surface area (Å²) in [4.78, 5) is 15.6. The number of nitrogens with one attached hydrogen (secondary N) is 1. The number of ether oxygens (including phenoxy) is 2. The molecule has 100 valence electrons. The van der Waals surface area contributed by atoms with Crippen LogP contribution in [0.15, 0.2) is 18.3 Å². The van der Waals surface area contributed by atoms with Crippen molar-refractivity contribution in [3.05, 3.63) is 23.9 Å². The lowest BCUT2D eigenvalue weighted by Crippen LogP contribution is -2.36. The van der Waals surface area contributed by atoms with Crippen molar-refractivity contribution in [3.63, 3.8) is 0 Å². The van der Waals surface area contributed by atoms with Crippen LogP contribution in [0.5, 0.6) is 0 Å². The van der Waals surface area contributed by atoms with E-state index in [1.807, 2.05) is 13.8 Å². The van der Waals surface area contributed by atoms with Gasteiger partial charge < -0.3 is 14.8 Å². The second kappa shape index (κ2) is 6.35. The van der Waals surface area contributed by atoms with Crippen LogP contribution >= 0.6 is 0 Å². The van der Waals surface area contributed by atoms with Crippen LogP contribution in [0.1, 0.15) is 31.1 Å². The summed E-state index contributed by atoms with van der Waals surface area (Å²) in [5.74, 6) is 0.345. The lowest BCUT2D eigenvalue weighted by atomic mass is 10.1. The van der Waals surface area contributed by atoms with E-state index in [9.17, 15) is 4.79 Å². The molecular weight excluding hydrogens is 232 g/mol. The Hall–Kier alpha value is -1.62. The van der Waals surface area contributed by atoms with Gasteiger partial charge in [0.25, 0.3) is 0 Å². The molecular formula is C13H20N2O3. The second-order valence-corrected chi connectivity index (χ2v) is 4.59. The summed E-state index contributed by atoms with van der Waals surface area (Å²) in [5.41, 5.74) is 0.236. The minimum atomic E-state index is -0.354. The molecule has 1 rings (SSSR count). The predicted octanol–water partition coefficient (Wildman–Crippen LogP) is 2.10. The molecule has 0 spiro atoms. The molecule has 1 aromatic rings. The monoisotopic (exact) mass is 252 g/mol. The summed E-state index contributed by atoms with van der Waals surface area (Å²) in [6.45, 7) is 6.72. The van der Waals surface area contributed by atoms with Gasteiger partial charge in [-0.1, -0.05) is 0 Å². The number of nitrogens with zero attached hydrogens (tertiary/aromatic N) is 1. The Morgan fingerprint density at radius 3 is 2.67 bits per heavy atom.